The lowest BCUT2D eigenvalue weighted by molar-refractivity contribution is -0.119. The van der Waals surface area contributed by atoms with E-state index in [0.29, 0.717) is 0 Å². The van der Waals surface area contributed by atoms with Crippen LogP contribution in [0.2, 0.25) is 0 Å². The summed E-state index contributed by atoms with van der Waals surface area (Å²) >= 11 is 0. The molecule has 1 amide bonds. The van der Waals surface area contributed by atoms with Crippen LogP contribution in [0.4, 0.5) is 27.6 Å². The second kappa shape index (κ2) is 6.26. The highest BCUT2D eigenvalue weighted by Crippen LogP contribution is 2.27. The number of halogens is 5. The fourth-order valence-electron chi connectivity index (χ4n) is 1.73. The number of carboxylic acid groups (broad SMARTS) is 1. The Balaban J connectivity index is 2.31. The normalized spacial score (nSPS) is 12.1. The van der Waals surface area contributed by atoms with Crippen LogP contribution in [0, 0.1) is 29.1 Å². The van der Waals surface area contributed by atoms with Gasteiger partial charge in [-0.2, -0.15) is 5.10 Å². The molecule has 0 bridgehead atoms. The number of benzene rings is 1. The molecule has 2 aromatic rings. The number of aromatic carboxylic acids is 1. The Hall–Kier alpha value is -2.98. The summed E-state index contributed by atoms with van der Waals surface area (Å²) in [7, 11) is 0. The first-order valence-electron chi connectivity index (χ1n) is 6.25. The zero-order chi connectivity index (χ0) is 18.2. The minimum atomic E-state index is -2.35. The van der Waals surface area contributed by atoms with E-state index in [-0.39, 0.29) is 0 Å². The highest BCUT2D eigenvalue weighted by Gasteiger charge is 2.28. The Morgan fingerprint density at radius 1 is 1.08 bits per heavy atom. The first-order chi connectivity index (χ1) is 11.1. The highest BCUT2D eigenvalue weighted by molar-refractivity contribution is 5.93. The lowest BCUT2D eigenvalue weighted by Crippen LogP contribution is -2.26. The number of anilines is 1. The van der Waals surface area contributed by atoms with E-state index in [9.17, 15) is 31.5 Å². The Morgan fingerprint density at radius 3 is 2.04 bits per heavy atom. The predicted octanol–water partition coefficient (Wildman–Crippen LogP) is 2.48. The predicted molar refractivity (Wildman–Crippen MR) is 68.8 cm³/mol. The van der Waals surface area contributed by atoms with Crippen molar-refractivity contribution in [3.8, 4) is 0 Å². The van der Waals surface area contributed by atoms with Crippen LogP contribution in [0.5, 0.6) is 0 Å². The van der Waals surface area contributed by atoms with E-state index in [1.54, 1.807) is 5.32 Å². The molecule has 1 atom stereocenters. The van der Waals surface area contributed by atoms with E-state index in [2.05, 4.69) is 5.10 Å². The van der Waals surface area contributed by atoms with Crippen molar-refractivity contribution >= 4 is 17.6 Å². The van der Waals surface area contributed by atoms with Crippen molar-refractivity contribution in [3.05, 3.63) is 47.0 Å². The molecule has 0 saturated heterocycles. The molecule has 1 heterocycles. The van der Waals surface area contributed by atoms with Crippen molar-refractivity contribution < 1.29 is 36.6 Å². The first-order valence-corrected chi connectivity index (χ1v) is 6.25. The molecule has 0 aliphatic carbocycles. The zero-order valence-corrected chi connectivity index (χ0v) is 11.8. The molecular weight excluding hydrogens is 341 g/mol. The molecule has 2 rings (SSSR count). The second-order valence-electron chi connectivity index (χ2n) is 4.60. The molecule has 0 fully saturated rings. The van der Waals surface area contributed by atoms with Gasteiger partial charge in [0.05, 0.1) is 0 Å². The van der Waals surface area contributed by atoms with Gasteiger partial charge in [-0.25, -0.2) is 26.7 Å². The summed E-state index contributed by atoms with van der Waals surface area (Å²) in [4.78, 5) is 22.6. The van der Waals surface area contributed by atoms with Crippen LogP contribution >= 0.6 is 0 Å². The van der Waals surface area contributed by atoms with Crippen LogP contribution < -0.4 is 5.32 Å². The molecule has 24 heavy (non-hydrogen) atoms. The van der Waals surface area contributed by atoms with E-state index in [1.165, 1.54) is 6.92 Å². The topological polar surface area (TPSA) is 84.2 Å². The van der Waals surface area contributed by atoms with Crippen LogP contribution in [0.3, 0.4) is 0 Å². The summed E-state index contributed by atoms with van der Waals surface area (Å²) in [5.41, 5.74) is -1.90. The summed E-state index contributed by atoms with van der Waals surface area (Å²) < 4.78 is 66.9. The van der Waals surface area contributed by atoms with Crippen LogP contribution in [-0.4, -0.2) is 26.8 Å². The first kappa shape index (κ1) is 17.4. The van der Waals surface area contributed by atoms with Gasteiger partial charge in [0, 0.05) is 6.20 Å². The third kappa shape index (κ3) is 2.92. The van der Waals surface area contributed by atoms with Gasteiger partial charge in [-0.15, -0.1) is 0 Å². The third-order valence-electron chi connectivity index (χ3n) is 3.06. The van der Waals surface area contributed by atoms with Crippen molar-refractivity contribution in [2.24, 2.45) is 0 Å². The van der Waals surface area contributed by atoms with Crippen molar-refractivity contribution in [2.45, 2.75) is 13.0 Å². The fourth-order valence-corrected chi connectivity index (χ4v) is 1.73. The molecular formula is C13H8F5N3O3. The number of carbonyl (C=O) groups excluding carboxylic acids is 1. The van der Waals surface area contributed by atoms with Gasteiger partial charge in [0.2, 0.25) is 11.7 Å². The molecule has 0 aliphatic heterocycles. The molecule has 11 heteroatoms. The van der Waals surface area contributed by atoms with E-state index in [0.717, 1.165) is 16.9 Å². The van der Waals surface area contributed by atoms with Crippen molar-refractivity contribution in [2.75, 3.05) is 5.32 Å². The molecule has 1 unspecified atom stereocenters. The molecule has 0 saturated carbocycles. The molecule has 1 aromatic heterocycles. The minimum absolute atomic E-state index is 0.397. The van der Waals surface area contributed by atoms with Crippen LogP contribution in [0.25, 0.3) is 0 Å². The average molecular weight is 349 g/mol. The molecule has 0 spiro atoms. The van der Waals surface area contributed by atoms with E-state index >= 15 is 0 Å². The van der Waals surface area contributed by atoms with Gasteiger partial charge in [0.15, 0.2) is 29.0 Å². The second-order valence-corrected chi connectivity index (χ2v) is 4.60. The van der Waals surface area contributed by atoms with Crippen molar-refractivity contribution in [3.63, 3.8) is 0 Å². The number of carbonyl (C=O) groups is 2. The van der Waals surface area contributed by atoms with E-state index in [1.807, 2.05) is 0 Å². The van der Waals surface area contributed by atoms with Crippen molar-refractivity contribution in [1.82, 2.24) is 9.78 Å². The van der Waals surface area contributed by atoms with Gasteiger partial charge in [-0.1, -0.05) is 0 Å². The molecule has 1 aromatic carbocycles. The van der Waals surface area contributed by atoms with Crippen molar-refractivity contribution in [1.29, 1.82) is 0 Å². The van der Waals surface area contributed by atoms with Crippen LogP contribution in [-0.2, 0) is 4.79 Å². The Labute approximate surface area is 130 Å². The summed E-state index contributed by atoms with van der Waals surface area (Å²) in [6.07, 6.45) is 1.10. The molecule has 2 N–H and O–H groups in total. The maximum absolute atomic E-state index is 13.5. The minimum Gasteiger partial charge on any atom is -0.476 e. The molecule has 0 aliphatic rings. The van der Waals surface area contributed by atoms with Gasteiger partial charge in [0.1, 0.15) is 11.7 Å². The zero-order valence-electron chi connectivity index (χ0n) is 11.8. The lowest BCUT2D eigenvalue weighted by Gasteiger charge is -2.14. The quantitative estimate of drug-likeness (QED) is 0.505. The number of hydrogen-bond donors (Lipinski definition) is 2. The largest absolute Gasteiger partial charge is 0.476 e. The maximum atomic E-state index is 13.5. The number of amides is 1. The standard InChI is InChI=1S/C13H8F5N3O3/c1-4(21-3-2-5(20-21)13(23)24)12(22)19-11-9(17)7(15)6(14)8(16)10(11)18/h2-4H,1H3,(H,19,22)(H,23,24). The smallest absolute Gasteiger partial charge is 0.356 e. The number of rotatable bonds is 4. The third-order valence-corrected chi connectivity index (χ3v) is 3.06. The highest BCUT2D eigenvalue weighted by atomic mass is 19.2. The van der Waals surface area contributed by atoms with Gasteiger partial charge in [0.25, 0.3) is 0 Å². The van der Waals surface area contributed by atoms with Gasteiger partial charge >= 0.3 is 5.97 Å². The van der Waals surface area contributed by atoms with Crippen LogP contribution in [0.1, 0.15) is 23.5 Å². The Morgan fingerprint density at radius 2 is 1.58 bits per heavy atom. The summed E-state index contributed by atoms with van der Waals surface area (Å²) in [5, 5.41) is 13.8. The number of hydrogen-bond acceptors (Lipinski definition) is 3. The molecule has 6 nitrogen and oxygen atoms in total. The molecule has 0 radical (unpaired) electrons. The Kier molecular flexibility index (Phi) is 4.53. The lowest BCUT2D eigenvalue weighted by atomic mass is 10.2. The maximum Gasteiger partial charge on any atom is 0.356 e. The van der Waals surface area contributed by atoms with Gasteiger partial charge in [-0.3, -0.25) is 9.48 Å². The van der Waals surface area contributed by atoms with Crippen LogP contribution in [0.15, 0.2) is 12.3 Å². The number of aromatic nitrogens is 2. The fraction of sp³-hybridized carbons (Fsp3) is 0.154. The van der Waals surface area contributed by atoms with E-state index in [4.69, 9.17) is 5.11 Å². The number of nitrogens with zero attached hydrogens (tertiary/aromatic N) is 2. The molecule has 128 valence electrons. The average Bonchev–Trinajstić information content (AvgIpc) is 3.04. The van der Waals surface area contributed by atoms with Gasteiger partial charge in [-0.05, 0) is 13.0 Å². The number of carboxylic acids is 1. The number of nitrogens with one attached hydrogen (secondary N) is 1. The summed E-state index contributed by atoms with van der Waals surface area (Å²) in [5.74, 6) is -13.7. The monoisotopic (exact) mass is 349 g/mol. The van der Waals surface area contributed by atoms with E-state index < -0.39 is 58.4 Å². The Bertz CT molecular complexity index is 807. The SMILES string of the molecule is CC(C(=O)Nc1c(F)c(F)c(F)c(F)c1F)n1ccc(C(=O)O)n1. The summed E-state index contributed by atoms with van der Waals surface area (Å²) in [6.45, 7) is 1.18. The van der Waals surface area contributed by atoms with Gasteiger partial charge < -0.3 is 10.4 Å². The summed E-state index contributed by atoms with van der Waals surface area (Å²) in [6, 6.07) is -0.224.